The van der Waals surface area contributed by atoms with Crippen molar-refractivity contribution in [2.45, 2.75) is 20.0 Å². The van der Waals surface area contributed by atoms with E-state index in [1.165, 1.54) is 20.3 Å². The molecule has 0 N–H and O–H groups in total. The lowest BCUT2D eigenvalue weighted by Crippen LogP contribution is -2.25. The van der Waals surface area contributed by atoms with Gasteiger partial charge in [0.15, 0.2) is 17.4 Å². The summed E-state index contributed by atoms with van der Waals surface area (Å²) in [4.78, 5) is 36.9. The van der Waals surface area contributed by atoms with Crippen LogP contribution in [0, 0.1) is 6.92 Å². The molecule has 2 aromatic heterocycles. The first-order valence-corrected chi connectivity index (χ1v) is 9.77. The molecule has 4 rings (SSSR count). The first kappa shape index (κ1) is 21.2. The minimum Gasteiger partial charge on any atom is -0.493 e. The van der Waals surface area contributed by atoms with Crippen LogP contribution >= 0.6 is 0 Å². The van der Waals surface area contributed by atoms with Crippen molar-refractivity contribution >= 4 is 27.9 Å². The molecule has 4 aromatic rings. The standard InChI is InChI=1S/C24H20O8/c1-12-18(30-13(2)23(26)29-4)9-8-15-16(11-20(25)31-21(12)15)17-10-14-6-5-7-19(28-3)22(14)32-24(17)27/h5-11,13H,1-4H3. The van der Waals surface area contributed by atoms with Gasteiger partial charge in [-0.25, -0.2) is 14.4 Å². The van der Waals surface area contributed by atoms with Crippen LogP contribution in [-0.2, 0) is 9.53 Å². The summed E-state index contributed by atoms with van der Waals surface area (Å²) in [5.41, 5.74) is 0.381. The number of ether oxygens (including phenoxy) is 3. The lowest BCUT2D eigenvalue weighted by atomic mass is 10.0. The molecule has 0 saturated carbocycles. The normalized spacial score (nSPS) is 12.0. The molecule has 0 bridgehead atoms. The van der Waals surface area contributed by atoms with Gasteiger partial charge in [0, 0.05) is 28.0 Å². The van der Waals surface area contributed by atoms with E-state index in [9.17, 15) is 14.4 Å². The summed E-state index contributed by atoms with van der Waals surface area (Å²) in [6.45, 7) is 3.25. The van der Waals surface area contributed by atoms with Gasteiger partial charge >= 0.3 is 17.2 Å². The molecule has 0 fully saturated rings. The Hall–Kier alpha value is -4.07. The van der Waals surface area contributed by atoms with Gasteiger partial charge < -0.3 is 23.0 Å². The van der Waals surface area contributed by atoms with Crippen LogP contribution in [0.4, 0.5) is 0 Å². The van der Waals surface area contributed by atoms with Crippen molar-refractivity contribution in [3.05, 3.63) is 68.9 Å². The molecule has 1 atom stereocenters. The Morgan fingerprint density at radius 1 is 0.938 bits per heavy atom. The van der Waals surface area contributed by atoms with Gasteiger partial charge in [-0.2, -0.15) is 0 Å². The second-order valence-corrected chi connectivity index (χ2v) is 7.15. The maximum absolute atomic E-state index is 12.8. The van der Waals surface area contributed by atoms with Crippen molar-refractivity contribution in [2.75, 3.05) is 14.2 Å². The Kier molecular flexibility index (Phi) is 5.44. The molecule has 8 heteroatoms. The zero-order valence-electron chi connectivity index (χ0n) is 17.9. The van der Waals surface area contributed by atoms with Crippen LogP contribution in [0.1, 0.15) is 12.5 Å². The van der Waals surface area contributed by atoms with E-state index in [0.29, 0.717) is 39.0 Å². The number of esters is 1. The highest BCUT2D eigenvalue weighted by Gasteiger charge is 2.20. The average molecular weight is 436 g/mol. The Balaban J connectivity index is 1.92. The Labute approximate surface area is 181 Å². The minimum atomic E-state index is -0.853. The zero-order valence-corrected chi connectivity index (χ0v) is 17.9. The fourth-order valence-electron chi connectivity index (χ4n) is 3.56. The number of para-hydroxylation sites is 1. The van der Waals surface area contributed by atoms with Crippen molar-refractivity contribution in [3.8, 4) is 22.6 Å². The number of fused-ring (bicyclic) bond motifs is 2. The summed E-state index contributed by atoms with van der Waals surface area (Å²) in [6, 6.07) is 11.5. The molecule has 0 spiro atoms. The molecule has 2 heterocycles. The zero-order chi connectivity index (χ0) is 23.0. The van der Waals surface area contributed by atoms with E-state index < -0.39 is 23.3 Å². The highest BCUT2D eigenvalue weighted by Crippen LogP contribution is 2.34. The second kappa shape index (κ2) is 8.22. The Morgan fingerprint density at radius 2 is 1.72 bits per heavy atom. The molecule has 2 aromatic carbocycles. The molecule has 1 unspecified atom stereocenters. The second-order valence-electron chi connectivity index (χ2n) is 7.15. The molecule has 0 saturated heterocycles. The van der Waals surface area contributed by atoms with Gasteiger partial charge in [-0.3, -0.25) is 0 Å². The van der Waals surface area contributed by atoms with Gasteiger partial charge in [0.05, 0.1) is 19.8 Å². The quantitative estimate of drug-likeness (QED) is 0.343. The number of hydrogen-bond acceptors (Lipinski definition) is 8. The maximum atomic E-state index is 12.8. The molecule has 0 aliphatic rings. The fraction of sp³-hybridized carbons (Fsp3) is 0.208. The van der Waals surface area contributed by atoms with Crippen molar-refractivity contribution in [1.82, 2.24) is 0 Å². The molecule has 0 radical (unpaired) electrons. The van der Waals surface area contributed by atoms with Crippen molar-refractivity contribution in [2.24, 2.45) is 0 Å². The van der Waals surface area contributed by atoms with E-state index in [1.54, 1.807) is 50.2 Å². The molecule has 0 aliphatic heterocycles. The third-order valence-electron chi connectivity index (χ3n) is 5.18. The Bertz CT molecular complexity index is 1460. The van der Waals surface area contributed by atoms with Crippen molar-refractivity contribution in [1.29, 1.82) is 0 Å². The van der Waals surface area contributed by atoms with Crippen LogP contribution in [0.5, 0.6) is 11.5 Å². The van der Waals surface area contributed by atoms with E-state index in [1.807, 2.05) is 0 Å². The lowest BCUT2D eigenvalue weighted by Gasteiger charge is -2.16. The van der Waals surface area contributed by atoms with Gasteiger partial charge in [-0.1, -0.05) is 12.1 Å². The van der Waals surface area contributed by atoms with E-state index in [4.69, 9.17) is 18.3 Å². The van der Waals surface area contributed by atoms with Crippen LogP contribution in [-0.4, -0.2) is 26.3 Å². The molecule has 8 nitrogen and oxygen atoms in total. The SMILES string of the molecule is COC(=O)C(C)Oc1ccc2c(-c3cc4cccc(OC)c4oc3=O)cc(=O)oc2c1C. The molecule has 0 aliphatic carbocycles. The summed E-state index contributed by atoms with van der Waals surface area (Å²) in [7, 11) is 2.76. The van der Waals surface area contributed by atoms with Crippen LogP contribution in [0.2, 0.25) is 0 Å². The van der Waals surface area contributed by atoms with Crippen LogP contribution in [0.15, 0.2) is 60.9 Å². The number of benzene rings is 2. The topological polar surface area (TPSA) is 105 Å². The summed E-state index contributed by atoms with van der Waals surface area (Å²) >= 11 is 0. The minimum absolute atomic E-state index is 0.208. The van der Waals surface area contributed by atoms with Crippen molar-refractivity contribution < 1.29 is 27.8 Å². The molecular formula is C24H20O8. The van der Waals surface area contributed by atoms with E-state index in [-0.39, 0.29) is 11.1 Å². The first-order chi connectivity index (χ1) is 15.3. The largest absolute Gasteiger partial charge is 0.493 e. The van der Waals surface area contributed by atoms with E-state index in [2.05, 4.69) is 4.74 Å². The highest BCUT2D eigenvalue weighted by atomic mass is 16.6. The summed E-state index contributed by atoms with van der Waals surface area (Å²) in [6.07, 6.45) is -0.853. The van der Waals surface area contributed by atoms with Crippen LogP contribution in [0.3, 0.4) is 0 Å². The van der Waals surface area contributed by atoms with Gasteiger partial charge in [0.25, 0.3) is 0 Å². The highest BCUT2D eigenvalue weighted by molar-refractivity contribution is 5.97. The molecule has 0 amide bonds. The summed E-state index contributed by atoms with van der Waals surface area (Å²) < 4.78 is 26.5. The van der Waals surface area contributed by atoms with E-state index in [0.717, 1.165) is 0 Å². The van der Waals surface area contributed by atoms with Gasteiger partial charge in [-0.05, 0) is 38.1 Å². The number of hydrogen-bond donors (Lipinski definition) is 0. The average Bonchev–Trinajstić information content (AvgIpc) is 2.79. The number of rotatable bonds is 5. The van der Waals surface area contributed by atoms with Gasteiger partial charge in [0.1, 0.15) is 11.3 Å². The molecule has 32 heavy (non-hydrogen) atoms. The number of aryl methyl sites for hydroxylation is 1. The van der Waals surface area contributed by atoms with Gasteiger partial charge in [-0.15, -0.1) is 0 Å². The van der Waals surface area contributed by atoms with Crippen molar-refractivity contribution in [3.63, 3.8) is 0 Å². The van der Waals surface area contributed by atoms with Gasteiger partial charge in [0.2, 0.25) is 0 Å². The smallest absolute Gasteiger partial charge is 0.346 e. The number of carbonyl (C=O) groups is 1. The molecule has 164 valence electrons. The third-order valence-corrected chi connectivity index (χ3v) is 5.18. The number of carbonyl (C=O) groups excluding carboxylic acids is 1. The predicted octanol–water partition coefficient (Wildman–Crippen LogP) is 3.82. The maximum Gasteiger partial charge on any atom is 0.346 e. The Morgan fingerprint density at radius 3 is 2.44 bits per heavy atom. The fourth-order valence-corrected chi connectivity index (χ4v) is 3.56. The molecular weight excluding hydrogens is 416 g/mol. The monoisotopic (exact) mass is 436 g/mol. The van der Waals surface area contributed by atoms with Crippen LogP contribution < -0.4 is 20.7 Å². The predicted molar refractivity (Wildman–Crippen MR) is 117 cm³/mol. The van der Waals surface area contributed by atoms with E-state index >= 15 is 0 Å². The summed E-state index contributed by atoms with van der Waals surface area (Å²) in [5.74, 6) is 0.246. The van der Waals surface area contributed by atoms with Crippen LogP contribution in [0.25, 0.3) is 33.1 Å². The first-order valence-electron chi connectivity index (χ1n) is 9.77. The summed E-state index contributed by atoms with van der Waals surface area (Å²) in [5, 5.41) is 1.17. The number of methoxy groups -OCH3 is 2. The third kappa shape index (κ3) is 3.60. The lowest BCUT2D eigenvalue weighted by molar-refractivity contribution is -0.147.